The van der Waals surface area contributed by atoms with Gasteiger partial charge in [-0.1, -0.05) is 30.3 Å². The third-order valence-electron chi connectivity index (χ3n) is 4.36. The molecule has 0 aromatic heterocycles. The van der Waals surface area contributed by atoms with Gasteiger partial charge in [0.2, 0.25) is 5.91 Å². The first-order valence-corrected chi connectivity index (χ1v) is 10.3. The van der Waals surface area contributed by atoms with Gasteiger partial charge in [0.1, 0.15) is 13.2 Å². The van der Waals surface area contributed by atoms with Crippen LogP contribution in [-0.4, -0.2) is 49.4 Å². The molecule has 1 amide bonds. The van der Waals surface area contributed by atoms with E-state index in [1.165, 1.54) is 5.56 Å². The lowest BCUT2D eigenvalue weighted by atomic mass is 10.1. The average Bonchev–Trinajstić information content (AvgIpc) is 2.71. The van der Waals surface area contributed by atoms with Crippen LogP contribution in [0.25, 0.3) is 0 Å². The quantitative estimate of drug-likeness (QED) is 0.671. The lowest BCUT2D eigenvalue weighted by molar-refractivity contribution is -0.130. The van der Waals surface area contributed by atoms with Gasteiger partial charge in [0, 0.05) is 36.7 Å². The van der Waals surface area contributed by atoms with Crippen LogP contribution in [0.4, 0.5) is 0 Å². The van der Waals surface area contributed by atoms with Crippen molar-refractivity contribution in [2.24, 2.45) is 5.73 Å². The van der Waals surface area contributed by atoms with Crippen LogP contribution in [0.3, 0.4) is 0 Å². The van der Waals surface area contributed by atoms with Crippen LogP contribution in [0, 0.1) is 0 Å². The van der Waals surface area contributed by atoms with E-state index >= 15 is 0 Å². The van der Waals surface area contributed by atoms with E-state index in [9.17, 15) is 4.79 Å². The second kappa shape index (κ2) is 10.2. The molecule has 2 aromatic carbocycles. The minimum Gasteiger partial charge on any atom is -0.486 e. The molecule has 0 radical (unpaired) electrons. The highest BCUT2D eigenvalue weighted by Crippen LogP contribution is 2.34. The molecule has 0 aliphatic carbocycles. The van der Waals surface area contributed by atoms with Gasteiger partial charge in [-0.25, -0.2) is 0 Å². The summed E-state index contributed by atoms with van der Waals surface area (Å²) in [5, 5.41) is 0. The second-order valence-electron chi connectivity index (χ2n) is 6.31. The van der Waals surface area contributed by atoms with Crippen molar-refractivity contribution in [1.82, 2.24) is 4.90 Å². The Kier molecular flexibility index (Phi) is 7.42. The van der Waals surface area contributed by atoms with E-state index < -0.39 is 0 Å². The van der Waals surface area contributed by atoms with Gasteiger partial charge in [-0.2, -0.15) is 0 Å². The molecule has 1 aliphatic rings. The van der Waals surface area contributed by atoms with Gasteiger partial charge in [-0.05, 0) is 30.2 Å². The maximum atomic E-state index is 12.6. The molecular weight excluding hydrogens is 360 g/mol. The lowest BCUT2D eigenvalue weighted by Crippen LogP contribution is -2.37. The number of carbonyl (C=O) groups is 1. The number of thioether (sulfide) groups is 1. The van der Waals surface area contributed by atoms with Gasteiger partial charge in [-0.15, -0.1) is 11.8 Å². The molecule has 6 heteroatoms. The summed E-state index contributed by atoms with van der Waals surface area (Å²) in [4.78, 5) is 15.5. The molecule has 0 bridgehead atoms. The Hall–Kier alpha value is -2.18. The zero-order valence-corrected chi connectivity index (χ0v) is 16.2. The van der Waals surface area contributed by atoms with Crippen LogP contribution in [0.15, 0.2) is 53.4 Å². The third-order valence-corrected chi connectivity index (χ3v) is 5.36. The van der Waals surface area contributed by atoms with Gasteiger partial charge in [-0.3, -0.25) is 4.79 Å². The number of hydrogen-bond acceptors (Lipinski definition) is 5. The first-order chi connectivity index (χ1) is 13.3. The summed E-state index contributed by atoms with van der Waals surface area (Å²) in [7, 11) is 0. The van der Waals surface area contributed by atoms with Gasteiger partial charge < -0.3 is 20.1 Å². The summed E-state index contributed by atoms with van der Waals surface area (Å²) in [5.41, 5.74) is 6.93. The fraction of sp³-hybridized carbons (Fsp3) is 0.381. The Morgan fingerprint density at radius 2 is 1.81 bits per heavy atom. The lowest BCUT2D eigenvalue weighted by Gasteiger charge is -2.22. The smallest absolute Gasteiger partial charge is 0.223 e. The van der Waals surface area contributed by atoms with E-state index in [1.807, 2.05) is 41.3 Å². The Labute approximate surface area is 164 Å². The van der Waals surface area contributed by atoms with Crippen molar-refractivity contribution < 1.29 is 14.3 Å². The van der Waals surface area contributed by atoms with Crippen molar-refractivity contribution in [1.29, 1.82) is 0 Å². The molecule has 0 fully saturated rings. The minimum atomic E-state index is 0.154. The molecule has 1 heterocycles. The maximum Gasteiger partial charge on any atom is 0.223 e. The number of carbonyl (C=O) groups excluding carboxylic acids is 1. The van der Waals surface area contributed by atoms with Gasteiger partial charge in [0.05, 0.1) is 0 Å². The highest BCUT2D eigenvalue weighted by Gasteiger charge is 2.14. The Bertz CT molecular complexity index is 739. The zero-order chi connectivity index (χ0) is 18.9. The predicted molar refractivity (Wildman–Crippen MR) is 109 cm³/mol. The van der Waals surface area contributed by atoms with Crippen molar-refractivity contribution in [3.05, 3.63) is 54.1 Å². The fourth-order valence-electron chi connectivity index (χ4n) is 2.95. The molecule has 0 atom stereocenters. The molecule has 0 unspecified atom stereocenters. The van der Waals surface area contributed by atoms with Crippen LogP contribution in [0.1, 0.15) is 12.0 Å². The predicted octanol–water partition coefficient (Wildman–Crippen LogP) is 2.97. The maximum absolute atomic E-state index is 12.6. The normalized spacial score (nSPS) is 12.6. The number of amides is 1. The molecular formula is C21H26N2O3S. The number of nitrogens with two attached hydrogens (primary N) is 1. The molecule has 144 valence electrons. The van der Waals surface area contributed by atoms with Crippen molar-refractivity contribution in [3.8, 4) is 11.5 Å². The molecule has 3 rings (SSSR count). The summed E-state index contributed by atoms with van der Waals surface area (Å²) in [6.45, 7) is 2.95. The highest BCUT2D eigenvalue weighted by atomic mass is 32.2. The van der Waals surface area contributed by atoms with E-state index in [0.717, 1.165) is 28.6 Å². The van der Waals surface area contributed by atoms with Crippen LogP contribution in [0.5, 0.6) is 11.5 Å². The third kappa shape index (κ3) is 5.91. The number of rotatable bonds is 9. The number of fused-ring (bicyclic) bond motifs is 1. The fourth-order valence-corrected chi connectivity index (χ4v) is 3.82. The SMILES string of the molecule is NCCN(CCc1ccccc1)C(=O)CCSc1ccc2c(c1)OCCO2. The number of benzene rings is 2. The highest BCUT2D eigenvalue weighted by molar-refractivity contribution is 7.99. The van der Waals surface area contributed by atoms with Crippen molar-refractivity contribution in [2.75, 3.05) is 38.6 Å². The topological polar surface area (TPSA) is 64.8 Å². The summed E-state index contributed by atoms with van der Waals surface area (Å²) >= 11 is 1.66. The molecule has 2 aromatic rings. The molecule has 0 spiro atoms. The average molecular weight is 387 g/mol. The van der Waals surface area contributed by atoms with Crippen LogP contribution < -0.4 is 15.2 Å². The zero-order valence-electron chi connectivity index (χ0n) is 15.4. The summed E-state index contributed by atoms with van der Waals surface area (Å²) in [6, 6.07) is 16.1. The van der Waals surface area contributed by atoms with Crippen molar-refractivity contribution in [2.45, 2.75) is 17.7 Å². The van der Waals surface area contributed by atoms with E-state index in [4.69, 9.17) is 15.2 Å². The van der Waals surface area contributed by atoms with E-state index in [1.54, 1.807) is 11.8 Å². The van der Waals surface area contributed by atoms with Gasteiger partial charge >= 0.3 is 0 Å². The molecule has 1 aliphatic heterocycles. The molecule has 0 saturated carbocycles. The van der Waals surface area contributed by atoms with Gasteiger partial charge in [0.25, 0.3) is 0 Å². The largest absolute Gasteiger partial charge is 0.486 e. The minimum absolute atomic E-state index is 0.154. The van der Waals surface area contributed by atoms with E-state index in [0.29, 0.717) is 39.3 Å². The van der Waals surface area contributed by atoms with E-state index in [-0.39, 0.29) is 5.91 Å². The molecule has 5 nitrogen and oxygen atoms in total. The molecule has 2 N–H and O–H groups in total. The van der Waals surface area contributed by atoms with Crippen LogP contribution >= 0.6 is 11.8 Å². The first kappa shape index (κ1) is 19.6. The molecule has 27 heavy (non-hydrogen) atoms. The van der Waals surface area contributed by atoms with E-state index in [2.05, 4.69) is 12.1 Å². The molecule has 0 saturated heterocycles. The monoisotopic (exact) mass is 386 g/mol. The van der Waals surface area contributed by atoms with Gasteiger partial charge in [0.15, 0.2) is 11.5 Å². The standard InChI is InChI=1S/C21H26N2O3S/c22-10-12-23(11-8-17-4-2-1-3-5-17)21(24)9-15-27-18-6-7-19-20(16-18)26-14-13-25-19/h1-7,16H,8-15,22H2. The van der Waals surface area contributed by atoms with Crippen molar-refractivity contribution in [3.63, 3.8) is 0 Å². The second-order valence-corrected chi connectivity index (χ2v) is 7.48. The van der Waals surface area contributed by atoms with Crippen LogP contribution in [-0.2, 0) is 11.2 Å². The van der Waals surface area contributed by atoms with Crippen LogP contribution in [0.2, 0.25) is 0 Å². The Morgan fingerprint density at radius 3 is 2.59 bits per heavy atom. The Balaban J connectivity index is 1.47. The van der Waals surface area contributed by atoms with Crippen molar-refractivity contribution >= 4 is 17.7 Å². The Morgan fingerprint density at radius 1 is 1.04 bits per heavy atom. The summed E-state index contributed by atoms with van der Waals surface area (Å²) < 4.78 is 11.1. The number of nitrogens with zero attached hydrogens (tertiary/aromatic N) is 1. The number of ether oxygens (including phenoxy) is 2. The first-order valence-electron chi connectivity index (χ1n) is 9.30. The summed E-state index contributed by atoms with van der Waals surface area (Å²) in [6.07, 6.45) is 1.34. The summed E-state index contributed by atoms with van der Waals surface area (Å²) in [5.74, 6) is 2.45. The number of hydrogen-bond donors (Lipinski definition) is 1.